The lowest BCUT2D eigenvalue weighted by Crippen LogP contribution is -2.13. The Kier molecular flexibility index (Phi) is 4.62. The number of aromatic nitrogens is 1. The second-order valence-corrected chi connectivity index (χ2v) is 4.46. The first-order valence-electron chi connectivity index (χ1n) is 6.45. The van der Waals surface area contributed by atoms with E-state index in [9.17, 15) is 17.6 Å². The lowest BCUT2D eigenvalue weighted by atomic mass is 10.1. The first kappa shape index (κ1) is 15.5. The number of oxazole rings is 1. The molecule has 0 aliphatic carbocycles. The van der Waals surface area contributed by atoms with Gasteiger partial charge in [0, 0.05) is 0 Å². The van der Waals surface area contributed by atoms with Gasteiger partial charge in [-0.2, -0.15) is 13.2 Å². The number of hydrogen-bond donors (Lipinski definition) is 1. The number of benzene rings is 1. The van der Waals surface area contributed by atoms with Crippen molar-refractivity contribution >= 4 is 0 Å². The van der Waals surface area contributed by atoms with Crippen LogP contribution in [0.15, 0.2) is 28.8 Å². The van der Waals surface area contributed by atoms with Gasteiger partial charge in [0.1, 0.15) is 5.82 Å². The van der Waals surface area contributed by atoms with Crippen LogP contribution in [0.3, 0.4) is 0 Å². The van der Waals surface area contributed by atoms with E-state index in [-0.39, 0.29) is 11.3 Å². The molecule has 0 amide bonds. The van der Waals surface area contributed by atoms with E-state index in [0.717, 1.165) is 19.0 Å². The Bertz CT molecular complexity index is 607. The third kappa shape index (κ3) is 3.60. The van der Waals surface area contributed by atoms with Gasteiger partial charge in [0.15, 0.2) is 5.76 Å². The summed E-state index contributed by atoms with van der Waals surface area (Å²) in [4.78, 5) is 3.92. The standard InChI is InChI=1S/C14H14F4N2O/c1-2-6-19-8-12-20-7-11(21-12)9-4-3-5-10(13(9)15)14(16,17)18/h3-5,7,19H,2,6,8H2,1H3. The molecule has 2 rings (SSSR count). The Balaban J connectivity index is 2.26. The van der Waals surface area contributed by atoms with Gasteiger partial charge in [-0.3, -0.25) is 0 Å². The molecule has 0 saturated heterocycles. The Morgan fingerprint density at radius 2 is 2.05 bits per heavy atom. The minimum atomic E-state index is -4.74. The Hall–Kier alpha value is -1.89. The normalized spacial score (nSPS) is 11.9. The van der Waals surface area contributed by atoms with Gasteiger partial charge in [-0.15, -0.1) is 0 Å². The molecule has 0 aliphatic heterocycles. The largest absolute Gasteiger partial charge is 0.439 e. The molecule has 1 aromatic carbocycles. The van der Waals surface area contributed by atoms with Crippen molar-refractivity contribution in [3.63, 3.8) is 0 Å². The second kappa shape index (κ2) is 6.26. The summed E-state index contributed by atoms with van der Waals surface area (Å²) in [7, 11) is 0. The van der Waals surface area contributed by atoms with Crippen molar-refractivity contribution in [2.24, 2.45) is 0 Å². The molecule has 0 fully saturated rings. The minimum Gasteiger partial charge on any atom is -0.439 e. The SMILES string of the molecule is CCCNCc1ncc(-c2cccc(C(F)(F)F)c2F)o1. The van der Waals surface area contributed by atoms with Gasteiger partial charge in [-0.05, 0) is 25.1 Å². The molecule has 0 spiro atoms. The van der Waals surface area contributed by atoms with Crippen LogP contribution >= 0.6 is 0 Å². The van der Waals surface area contributed by atoms with Gasteiger partial charge in [0.25, 0.3) is 0 Å². The van der Waals surface area contributed by atoms with Crippen LogP contribution in [0, 0.1) is 5.82 Å². The summed E-state index contributed by atoms with van der Waals surface area (Å²) in [6.45, 7) is 3.09. The molecule has 0 saturated carbocycles. The van der Waals surface area contributed by atoms with E-state index in [1.54, 1.807) is 0 Å². The molecule has 0 aliphatic rings. The second-order valence-electron chi connectivity index (χ2n) is 4.46. The van der Waals surface area contributed by atoms with E-state index in [2.05, 4.69) is 10.3 Å². The molecule has 1 aromatic heterocycles. The highest BCUT2D eigenvalue weighted by molar-refractivity contribution is 5.59. The summed E-state index contributed by atoms with van der Waals surface area (Å²) >= 11 is 0. The van der Waals surface area contributed by atoms with Crippen molar-refractivity contribution in [2.75, 3.05) is 6.54 Å². The molecule has 0 atom stereocenters. The Morgan fingerprint density at radius 3 is 2.71 bits per heavy atom. The molecule has 2 aromatic rings. The summed E-state index contributed by atoms with van der Waals surface area (Å²) in [5, 5.41) is 3.04. The molecule has 3 nitrogen and oxygen atoms in total. The molecular formula is C14H14F4N2O. The van der Waals surface area contributed by atoms with Crippen LogP contribution in [-0.4, -0.2) is 11.5 Å². The van der Waals surface area contributed by atoms with Crippen LogP contribution in [0.4, 0.5) is 17.6 Å². The Labute approximate surface area is 119 Å². The molecule has 1 N–H and O–H groups in total. The van der Waals surface area contributed by atoms with Crippen molar-refractivity contribution < 1.29 is 22.0 Å². The van der Waals surface area contributed by atoms with Crippen LogP contribution in [-0.2, 0) is 12.7 Å². The molecule has 0 radical (unpaired) electrons. The van der Waals surface area contributed by atoms with Gasteiger partial charge in [-0.25, -0.2) is 9.37 Å². The van der Waals surface area contributed by atoms with Crippen LogP contribution in [0.1, 0.15) is 24.8 Å². The van der Waals surface area contributed by atoms with Crippen molar-refractivity contribution in [3.8, 4) is 11.3 Å². The van der Waals surface area contributed by atoms with E-state index >= 15 is 0 Å². The zero-order valence-corrected chi connectivity index (χ0v) is 11.3. The monoisotopic (exact) mass is 302 g/mol. The molecule has 7 heteroatoms. The van der Waals surface area contributed by atoms with Crippen molar-refractivity contribution in [2.45, 2.75) is 26.1 Å². The van der Waals surface area contributed by atoms with Gasteiger partial charge in [-0.1, -0.05) is 13.0 Å². The molecule has 0 unspecified atom stereocenters. The Morgan fingerprint density at radius 1 is 1.29 bits per heavy atom. The molecular weight excluding hydrogens is 288 g/mol. The quantitative estimate of drug-likeness (QED) is 0.670. The number of nitrogens with zero attached hydrogens (tertiary/aromatic N) is 1. The fourth-order valence-corrected chi connectivity index (χ4v) is 1.83. The minimum absolute atomic E-state index is 0.0214. The highest BCUT2D eigenvalue weighted by Gasteiger charge is 2.35. The van der Waals surface area contributed by atoms with E-state index in [0.29, 0.717) is 18.5 Å². The fourth-order valence-electron chi connectivity index (χ4n) is 1.83. The summed E-state index contributed by atoms with van der Waals surface area (Å²) in [5.74, 6) is -1.07. The first-order valence-corrected chi connectivity index (χ1v) is 6.45. The number of nitrogens with one attached hydrogen (secondary N) is 1. The average molecular weight is 302 g/mol. The van der Waals surface area contributed by atoms with Gasteiger partial charge in [0.05, 0.1) is 23.9 Å². The maximum Gasteiger partial charge on any atom is 0.419 e. The maximum absolute atomic E-state index is 13.9. The topological polar surface area (TPSA) is 38.1 Å². The highest BCUT2D eigenvalue weighted by Crippen LogP contribution is 2.35. The van der Waals surface area contributed by atoms with E-state index in [1.807, 2.05) is 6.92 Å². The molecule has 0 bridgehead atoms. The van der Waals surface area contributed by atoms with E-state index in [4.69, 9.17) is 4.42 Å². The zero-order valence-electron chi connectivity index (χ0n) is 11.3. The predicted octanol–water partition coefficient (Wildman–Crippen LogP) is 4.00. The predicted molar refractivity (Wildman–Crippen MR) is 68.9 cm³/mol. The van der Waals surface area contributed by atoms with Crippen molar-refractivity contribution in [1.82, 2.24) is 10.3 Å². The molecule has 114 valence electrons. The number of hydrogen-bond acceptors (Lipinski definition) is 3. The number of alkyl halides is 3. The van der Waals surface area contributed by atoms with Crippen LogP contribution in [0.5, 0.6) is 0 Å². The first-order chi connectivity index (χ1) is 9.93. The van der Waals surface area contributed by atoms with Gasteiger partial charge in [0.2, 0.25) is 5.89 Å². The van der Waals surface area contributed by atoms with Crippen LogP contribution < -0.4 is 5.32 Å². The fraction of sp³-hybridized carbons (Fsp3) is 0.357. The summed E-state index contributed by atoms with van der Waals surface area (Å²) in [5.41, 5.74) is -1.57. The smallest absolute Gasteiger partial charge is 0.419 e. The molecule has 1 heterocycles. The lowest BCUT2D eigenvalue weighted by Gasteiger charge is -2.09. The van der Waals surface area contributed by atoms with E-state index < -0.39 is 17.6 Å². The highest BCUT2D eigenvalue weighted by atomic mass is 19.4. The maximum atomic E-state index is 13.9. The lowest BCUT2D eigenvalue weighted by molar-refractivity contribution is -0.139. The number of halogens is 4. The average Bonchev–Trinajstić information content (AvgIpc) is 2.86. The zero-order chi connectivity index (χ0) is 15.5. The van der Waals surface area contributed by atoms with Crippen molar-refractivity contribution in [3.05, 3.63) is 41.7 Å². The number of rotatable bonds is 5. The third-order valence-electron chi connectivity index (χ3n) is 2.83. The van der Waals surface area contributed by atoms with Crippen LogP contribution in [0.25, 0.3) is 11.3 Å². The van der Waals surface area contributed by atoms with E-state index in [1.165, 1.54) is 12.3 Å². The van der Waals surface area contributed by atoms with Gasteiger partial charge < -0.3 is 9.73 Å². The summed E-state index contributed by atoms with van der Waals surface area (Å²) in [6, 6.07) is 3.06. The van der Waals surface area contributed by atoms with Gasteiger partial charge >= 0.3 is 6.18 Å². The summed E-state index contributed by atoms with van der Waals surface area (Å²) in [6.07, 6.45) is -2.59. The summed E-state index contributed by atoms with van der Waals surface area (Å²) < 4.78 is 57.2. The van der Waals surface area contributed by atoms with Crippen LogP contribution in [0.2, 0.25) is 0 Å². The van der Waals surface area contributed by atoms with Crippen molar-refractivity contribution in [1.29, 1.82) is 0 Å². The third-order valence-corrected chi connectivity index (χ3v) is 2.83. The molecule has 21 heavy (non-hydrogen) atoms.